The third kappa shape index (κ3) is 6.39. The van der Waals surface area contributed by atoms with Crippen molar-refractivity contribution in [3.63, 3.8) is 0 Å². The summed E-state index contributed by atoms with van der Waals surface area (Å²) in [5, 5.41) is 11.1. The van der Waals surface area contributed by atoms with Crippen LogP contribution in [0.2, 0.25) is 0 Å². The Bertz CT molecular complexity index is 1370. The smallest absolute Gasteiger partial charge is 0.219 e. The first-order chi connectivity index (χ1) is 18.9. The van der Waals surface area contributed by atoms with Crippen LogP contribution in [0, 0.1) is 0 Å². The molecule has 9 nitrogen and oxygen atoms in total. The van der Waals surface area contributed by atoms with E-state index in [2.05, 4.69) is 33.1 Å². The minimum absolute atomic E-state index is 0.0275. The average Bonchev–Trinajstić information content (AvgIpc) is 2.97. The lowest BCUT2D eigenvalue weighted by molar-refractivity contribution is 0.00921. The molecule has 1 unspecified atom stereocenters. The molecule has 0 bridgehead atoms. The van der Waals surface area contributed by atoms with Crippen LogP contribution in [0.5, 0.6) is 0 Å². The monoisotopic (exact) mass is 526 g/mol. The lowest BCUT2D eigenvalue weighted by atomic mass is 9.97. The molecule has 2 aliphatic heterocycles. The molecule has 39 heavy (non-hydrogen) atoms. The molecule has 0 radical (unpaired) electrons. The molecule has 5 rings (SSSR count). The first kappa shape index (κ1) is 26.7. The van der Waals surface area contributed by atoms with Gasteiger partial charge in [-0.05, 0) is 55.2 Å². The quantitative estimate of drug-likeness (QED) is 0.349. The fourth-order valence-electron chi connectivity index (χ4n) is 4.82. The van der Waals surface area contributed by atoms with Gasteiger partial charge in [-0.25, -0.2) is 15.0 Å². The molecule has 1 fully saturated rings. The van der Waals surface area contributed by atoms with Gasteiger partial charge in [-0.3, -0.25) is 9.69 Å². The summed E-state index contributed by atoms with van der Waals surface area (Å²) in [6, 6.07) is 11.4. The van der Waals surface area contributed by atoms with E-state index < -0.39 is 6.23 Å². The zero-order valence-corrected chi connectivity index (χ0v) is 22.4. The van der Waals surface area contributed by atoms with Gasteiger partial charge in [0, 0.05) is 49.7 Å². The number of hydrogen-bond donors (Lipinski definition) is 2. The summed E-state index contributed by atoms with van der Waals surface area (Å²) < 4.78 is 5.54. The number of nitrogens with two attached hydrogens (primary N) is 1. The molecule has 2 aliphatic rings. The molecule has 1 aromatic carbocycles. The molecule has 1 saturated heterocycles. The number of aromatic nitrogens is 3. The lowest BCUT2D eigenvalue weighted by Gasteiger charge is -2.32. The number of nitrogens with zero attached hydrogens (tertiary/aromatic N) is 5. The fraction of sp³-hybridized carbons (Fsp3) is 0.333. The summed E-state index contributed by atoms with van der Waals surface area (Å²) in [6.07, 6.45) is 7.21. The number of aliphatic hydroxyl groups excluding tert-OH is 1. The number of hydrogen-bond acceptors (Lipinski definition) is 9. The number of carbonyl (C=O) groups excluding carboxylic acids is 1. The molecular formula is C30H34N6O3. The molecule has 4 heterocycles. The minimum Gasteiger partial charge on any atom is -0.378 e. The van der Waals surface area contributed by atoms with Gasteiger partial charge in [0.2, 0.25) is 5.95 Å². The zero-order valence-electron chi connectivity index (χ0n) is 22.4. The number of ketones is 1. The van der Waals surface area contributed by atoms with Crippen molar-refractivity contribution in [2.75, 3.05) is 50.0 Å². The Labute approximate surface area is 228 Å². The highest BCUT2D eigenvalue weighted by atomic mass is 16.5. The molecule has 0 spiro atoms. The van der Waals surface area contributed by atoms with Gasteiger partial charge in [0.05, 0.1) is 18.9 Å². The van der Waals surface area contributed by atoms with Crippen molar-refractivity contribution < 1.29 is 14.6 Å². The van der Waals surface area contributed by atoms with Gasteiger partial charge >= 0.3 is 0 Å². The summed E-state index contributed by atoms with van der Waals surface area (Å²) in [7, 11) is 0. The molecule has 0 aliphatic carbocycles. The third-order valence-corrected chi connectivity index (χ3v) is 6.98. The van der Waals surface area contributed by atoms with Crippen LogP contribution in [-0.2, 0) is 4.74 Å². The van der Waals surface area contributed by atoms with Crippen LogP contribution < -0.4 is 10.6 Å². The Morgan fingerprint density at radius 1 is 1.05 bits per heavy atom. The van der Waals surface area contributed by atoms with Crippen LogP contribution in [-0.4, -0.2) is 70.1 Å². The Morgan fingerprint density at radius 2 is 1.77 bits per heavy atom. The number of nitrogen functional groups attached to an aromatic ring is 1. The third-order valence-electron chi connectivity index (χ3n) is 6.98. The highest BCUT2D eigenvalue weighted by Crippen LogP contribution is 2.32. The zero-order chi connectivity index (χ0) is 27.4. The Balaban J connectivity index is 1.35. The molecule has 9 heteroatoms. The Kier molecular flexibility index (Phi) is 8.11. The number of benzene rings is 1. The molecular weight excluding hydrogens is 492 g/mol. The predicted molar refractivity (Wildman–Crippen MR) is 152 cm³/mol. The van der Waals surface area contributed by atoms with Crippen molar-refractivity contribution in [1.29, 1.82) is 0 Å². The first-order valence-electron chi connectivity index (χ1n) is 13.2. The van der Waals surface area contributed by atoms with Gasteiger partial charge in [0.15, 0.2) is 5.78 Å². The number of pyridine rings is 1. The summed E-state index contributed by atoms with van der Waals surface area (Å²) in [5.41, 5.74) is 11.9. The van der Waals surface area contributed by atoms with E-state index in [-0.39, 0.29) is 11.7 Å². The van der Waals surface area contributed by atoms with Gasteiger partial charge in [-0.1, -0.05) is 35.9 Å². The normalized spacial score (nSPS) is 16.9. The van der Waals surface area contributed by atoms with Crippen molar-refractivity contribution in [2.24, 2.45) is 0 Å². The van der Waals surface area contributed by atoms with E-state index in [4.69, 9.17) is 15.5 Å². The number of anilines is 2. The maximum atomic E-state index is 12.3. The number of aliphatic hydroxyl groups is 1. The summed E-state index contributed by atoms with van der Waals surface area (Å²) >= 11 is 0. The fourth-order valence-corrected chi connectivity index (χ4v) is 4.82. The second kappa shape index (κ2) is 11.9. The van der Waals surface area contributed by atoms with Crippen molar-refractivity contribution >= 4 is 23.1 Å². The van der Waals surface area contributed by atoms with E-state index >= 15 is 0 Å². The van der Waals surface area contributed by atoms with Crippen LogP contribution in [0.4, 0.5) is 11.8 Å². The van der Waals surface area contributed by atoms with E-state index in [1.54, 1.807) is 30.6 Å². The van der Waals surface area contributed by atoms with Gasteiger partial charge in [-0.2, -0.15) is 0 Å². The Morgan fingerprint density at radius 3 is 2.41 bits per heavy atom. The molecule has 3 N–H and O–H groups in total. The van der Waals surface area contributed by atoms with Gasteiger partial charge < -0.3 is 20.5 Å². The summed E-state index contributed by atoms with van der Waals surface area (Å²) in [6.45, 7) is 8.01. The highest BCUT2D eigenvalue weighted by Gasteiger charge is 2.23. The second-order valence-corrected chi connectivity index (χ2v) is 10.1. The van der Waals surface area contributed by atoms with Crippen LogP contribution in [0.25, 0.3) is 16.8 Å². The van der Waals surface area contributed by atoms with Gasteiger partial charge in [-0.15, -0.1) is 0 Å². The topological polar surface area (TPSA) is 118 Å². The minimum atomic E-state index is -0.751. The molecule has 202 valence electrons. The van der Waals surface area contributed by atoms with E-state index in [0.717, 1.165) is 53.3 Å². The molecule has 0 saturated carbocycles. The summed E-state index contributed by atoms with van der Waals surface area (Å²) in [5.74, 6) is 1.10. The lowest BCUT2D eigenvalue weighted by Crippen LogP contribution is -2.37. The van der Waals surface area contributed by atoms with Gasteiger partial charge in [0.25, 0.3) is 0 Å². The first-order valence-corrected chi connectivity index (χ1v) is 13.2. The van der Waals surface area contributed by atoms with Crippen LogP contribution in [0.1, 0.15) is 48.0 Å². The SMILES string of the molecule is CC(C)=CC(=O)c1ccc(C(O)N2CC=C(c3cc(-c4cnc(N)nc4)nc(N4CCOCC4)c3)CC2)cc1. The maximum absolute atomic E-state index is 12.3. The predicted octanol–water partition coefficient (Wildman–Crippen LogP) is 3.89. The maximum Gasteiger partial charge on any atom is 0.219 e. The number of morpholine rings is 1. The molecule has 0 amide bonds. The van der Waals surface area contributed by atoms with Crippen molar-refractivity contribution in [3.8, 4) is 11.3 Å². The molecule has 2 aromatic heterocycles. The van der Waals surface area contributed by atoms with Crippen molar-refractivity contribution in [2.45, 2.75) is 26.5 Å². The van der Waals surface area contributed by atoms with E-state index in [9.17, 15) is 9.90 Å². The van der Waals surface area contributed by atoms with Crippen LogP contribution >= 0.6 is 0 Å². The van der Waals surface area contributed by atoms with E-state index in [1.807, 2.05) is 30.9 Å². The second-order valence-electron chi connectivity index (χ2n) is 10.1. The number of rotatable bonds is 7. The molecule has 1 atom stereocenters. The molecule has 3 aromatic rings. The van der Waals surface area contributed by atoms with Gasteiger partial charge in [0.1, 0.15) is 12.0 Å². The standard InChI is InChI=1S/C30H34N6O3/c1-20(2)15-27(37)22-3-5-23(6-4-22)29(38)36-9-7-21(8-10-36)24-16-26(25-18-32-30(31)33-19-25)34-28(17-24)35-11-13-39-14-12-35/h3-7,15-19,29,38H,8-14H2,1-2H3,(H2,31,32,33). The van der Waals surface area contributed by atoms with Crippen LogP contribution in [0.3, 0.4) is 0 Å². The van der Waals surface area contributed by atoms with E-state index in [0.29, 0.717) is 31.9 Å². The number of carbonyl (C=O) groups is 1. The van der Waals surface area contributed by atoms with Crippen molar-refractivity contribution in [1.82, 2.24) is 19.9 Å². The highest BCUT2D eigenvalue weighted by molar-refractivity contribution is 6.04. The Hall–Kier alpha value is -3.92. The van der Waals surface area contributed by atoms with Crippen LogP contribution in [0.15, 0.2) is 66.5 Å². The van der Waals surface area contributed by atoms with E-state index in [1.165, 1.54) is 5.57 Å². The largest absolute Gasteiger partial charge is 0.378 e. The number of ether oxygens (including phenoxy) is 1. The summed E-state index contributed by atoms with van der Waals surface area (Å²) in [4.78, 5) is 29.7. The average molecular weight is 527 g/mol. The number of allylic oxidation sites excluding steroid dienone is 2. The van der Waals surface area contributed by atoms with Crippen molar-refractivity contribution in [3.05, 3.63) is 83.2 Å².